The van der Waals surface area contributed by atoms with E-state index in [0.717, 1.165) is 75.5 Å². The van der Waals surface area contributed by atoms with Gasteiger partial charge < -0.3 is 14.2 Å². The van der Waals surface area contributed by atoms with Crippen molar-refractivity contribution < 1.29 is 28.6 Å². The van der Waals surface area contributed by atoms with E-state index in [-0.39, 0.29) is 31.1 Å². The summed E-state index contributed by atoms with van der Waals surface area (Å²) in [5, 5.41) is 0. The van der Waals surface area contributed by atoms with Gasteiger partial charge in [-0.1, -0.05) is 196 Å². The lowest BCUT2D eigenvalue weighted by Crippen LogP contribution is -2.30. The van der Waals surface area contributed by atoms with Gasteiger partial charge in [-0.2, -0.15) is 0 Å². The highest BCUT2D eigenvalue weighted by atomic mass is 16.6. The third-order valence-corrected chi connectivity index (χ3v) is 9.90. The van der Waals surface area contributed by atoms with E-state index in [4.69, 9.17) is 14.2 Å². The van der Waals surface area contributed by atoms with E-state index in [0.29, 0.717) is 19.3 Å². The molecular formula is C45H86O6. The van der Waals surface area contributed by atoms with E-state index in [1.807, 2.05) is 0 Å². The number of esters is 3. The second kappa shape index (κ2) is 36.8. The van der Waals surface area contributed by atoms with Crippen molar-refractivity contribution in [2.75, 3.05) is 13.2 Å². The van der Waals surface area contributed by atoms with Gasteiger partial charge >= 0.3 is 17.9 Å². The summed E-state index contributed by atoms with van der Waals surface area (Å²) in [5.41, 5.74) is 0. The van der Waals surface area contributed by atoms with Gasteiger partial charge in [0.15, 0.2) is 6.10 Å². The number of unbranched alkanes of at least 4 members (excludes halogenated alkanes) is 21. The van der Waals surface area contributed by atoms with Gasteiger partial charge in [-0.25, -0.2) is 0 Å². The van der Waals surface area contributed by atoms with E-state index in [9.17, 15) is 14.4 Å². The molecule has 0 aliphatic heterocycles. The van der Waals surface area contributed by atoms with Crippen LogP contribution in [0.2, 0.25) is 0 Å². The lowest BCUT2D eigenvalue weighted by atomic mass is 10.0. The molecule has 0 aliphatic carbocycles. The van der Waals surface area contributed by atoms with Crippen LogP contribution in [0.5, 0.6) is 0 Å². The Bertz CT molecular complexity index is 792. The van der Waals surface area contributed by atoms with Crippen LogP contribution in [0.25, 0.3) is 0 Å². The van der Waals surface area contributed by atoms with Gasteiger partial charge in [-0.05, 0) is 37.0 Å². The fourth-order valence-corrected chi connectivity index (χ4v) is 6.52. The summed E-state index contributed by atoms with van der Waals surface area (Å²) in [6.07, 6.45) is 32.5. The standard InChI is InChI=1S/C45H86O6/c1-39(2)31-25-19-13-10-8-7-9-11-15-22-28-34-43(46)49-37-42(51-45(48)36-30-24-18-17-21-27-33-41(5)6)38-50-44(47)35-29-23-16-12-14-20-26-32-40(3)4/h39-42H,7-38H2,1-6H3/t42-/m1/s1. The minimum absolute atomic E-state index is 0.0675. The van der Waals surface area contributed by atoms with Gasteiger partial charge in [0.1, 0.15) is 13.2 Å². The molecule has 0 aromatic carbocycles. The Balaban J connectivity index is 4.31. The molecule has 0 fully saturated rings. The first-order valence-corrected chi connectivity index (χ1v) is 22.1. The molecular weight excluding hydrogens is 636 g/mol. The fraction of sp³-hybridized carbons (Fsp3) is 0.933. The minimum atomic E-state index is -0.762. The van der Waals surface area contributed by atoms with Crippen LogP contribution in [-0.4, -0.2) is 37.2 Å². The van der Waals surface area contributed by atoms with Crippen molar-refractivity contribution in [3.8, 4) is 0 Å². The number of rotatable bonds is 38. The molecule has 0 amide bonds. The van der Waals surface area contributed by atoms with Crippen molar-refractivity contribution in [2.45, 2.75) is 240 Å². The van der Waals surface area contributed by atoms with E-state index < -0.39 is 6.10 Å². The number of hydrogen-bond acceptors (Lipinski definition) is 6. The molecule has 51 heavy (non-hydrogen) atoms. The van der Waals surface area contributed by atoms with Crippen LogP contribution in [0.3, 0.4) is 0 Å². The molecule has 1 atom stereocenters. The predicted molar refractivity (Wildman–Crippen MR) is 215 cm³/mol. The maximum Gasteiger partial charge on any atom is 0.306 e. The molecule has 0 aromatic heterocycles. The van der Waals surface area contributed by atoms with E-state index in [2.05, 4.69) is 41.5 Å². The molecule has 0 saturated carbocycles. The van der Waals surface area contributed by atoms with E-state index in [1.165, 1.54) is 116 Å². The maximum absolute atomic E-state index is 12.6. The van der Waals surface area contributed by atoms with E-state index >= 15 is 0 Å². The Labute approximate surface area is 317 Å². The maximum atomic E-state index is 12.6. The third kappa shape index (κ3) is 39.5. The molecule has 6 nitrogen and oxygen atoms in total. The highest BCUT2D eigenvalue weighted by molar-refractivity contribution is 5.71. The Morgan fingerprint density at radius 3 is 0.843 bits per heavy atom. The first-order valence-electron chi connectivity index (χ1n) is 22.1. The molecule has 0 unspecified atom stereocenters. The Morgan fingerprint density at radius 1 is 0.333 bits per heavy atom. The average Bonchev–Trinajstić information content (AvgIpc) is 3.07. The summed E-state index contributed by atoms with van der Waals surface area (Å²) in [6.45, 7) is 13.6. The topological polar surface area (TPSA) is 78.9 Å². The Hall–Kier alpha value is -1.59. The van der Waals surface area contributed by atoms with Gasteiger partial charge in [0, 0.05) is 19.3 Å². The first kappa shape index (κ1) is 49.4. The summed E-state index contributed by atoms with van der Waals surface area (Å²) in [7, 11) is 0. The average molecular weight is 723 g/mol. The molecule has 0 radical (unpaired) electrons. The quantitative estimate of drug-likeness (QED) is 0.0359. The molecule has 302 valence electrons. The van der Waals surface area contributed by atoms with Crippen LogP contribution < -0.4 is 0 Å². The van der Waals surface area contributed by atoms with Gasteiger partial charge in [0.25, 0.3) is 0 Å². The Morgan fingerprint density at radius 2 is 0.569 bits per heavy atom. The van der Waals surface area contributed by atoms with Crippen LogP contribution in [-0.2, 0) is 28.6 Å². The van der Waals surface area contributed by atoms with Crippen molar-refractivity contribution in [2.24, 2.45) is 17.8 Å². The lowest BCUT2D eigenvalue weighted by molar-refractivity contribution is -0.167. The number of carbonyl (C=O) groups is 3. The van der Waals surface area contributed by atoms with Crippen molar-refractivity contribution in [1.29, 1.82) is 0 Å². The smallest absolute Gasteiger partial charge is 0.306 e. The molecule has 0 spiro atoms. The van der Waals surface area contributed by atoms with Crippen molar-refractivity contribution in [3.63, 3.8) is 0 Å². The van der Waals surface area contributed by atoms with Gasteiger partial charge in [0.05, 0.1) is 0 Å². The van der Waals surface area contributed by atoms with Crippen LogP contribution in [0.4, 0.5) is 0 Å². The molecule has 0 rings (SSSR count). The zero-order valence-electron chi connectivity index (χ0n) is 34.9. The number of carbonyl (C=O) groups excluding carboxylic acids is 3. The summed E-state index contributed by atoms with van der Waals surface area (Å²) in [5.74, 6) is 1.50. The summed E-state index contributed by atoms with van der Waals surface area (Å²) in [4.78, 5) is 37.6. The monoisotopic (exact) mass is 723 g/mol. The second-order valence-electron chi connectivity index (χ2n) is 16.8. The first-order chi connectivity index (χ1) is 24.6. The molecule has 0 aromatic rings. The molecule has 0 N–H and O–H groups in total. The summed E-state index contributed by atoms with van der Waals surface area (Å²) < 4.78 is 16.7. The summed E-state index contributed by atoms with van der Waals surface area (Å²) in [6, 6.07) is 0. The van der Waals surface area contributed by atoms with Crippen molar-refractivity contribution >= 4 is 17.9 Å². The SMILES string of the molecule is CC(C)CCCCCCCCCCCCCC(=O)OC[C@H](COC(=O)CCCCCCCCCC(C)C)OC(=O)CCCCCCCCC(C)C. The zero-order chi connectivity index (χ0) is 37.8. The molecule has 0 aliphatic rings. The zero-order valence-corrected chi connectivity index (χ0v) is 34.9. The number of ether oxygens (including phenoxy) is 3. The normalized spacial score (nSPS) is 12.2. The molecule has 0 saturated heterocycles. The molecule has 6 heteroatoms. The molecule has 0 bridgehead atoms. The van der Waals surface area contributed by atoms with Crippen molar-refractivity contribution in [3.05, 3.63) is 0 Å². The van der Waals surface area contributed by atoms with E-state index in [1.54, 1.807) is 0 Å². The number of hydrogen-bond donors (Lipinski definition) is 0. The highest BCUT2D eigenvalue weighted by Gasteiger charge is 2.19. The van der Waals surface area contributed by atoms with Gasteiger partial charge in [-0.3, -0.25) is 14.4 Å². The lowest BCUT2D eigenvalue weighted by Gasteiger charge is -2.18. The predicted octanol–water partition coefficient (Wildman–Crippen LogP) is 13.7. The van der Waals surface area contributed by atoms with Gasteiger partial charge in [0.2, 0.25) is 0 Å². The third-order valence-electron chi connectivity index (χ3n) is 9.90. The Kier molecular flexibility index (Phi) is 35.6. The van der Waals surface area contributed by atoms with Crippen molar-refractivity contribution in [1.82, 2.24) is 0 Å². The van der Waals surface area contributed by atoms with Crippen LogP contribution >= 0.6 is 0 Å². The summed E-state index contributed by atoms with van der Waals surface area (Å²) >= 11 is 0. The van der Waals surface area contributed by atoms with Crippen LogP contribution in [0, 0.1) is 17.8 Å². The second-order valence-corrected chi connectivity index (χ2v) is 16.8. The van der Waals surface area contributed by atoms with Crippen LogP contribution in [0.15, 0.2) is 0 Å². The largest absolute Gasteiger partial charge is 0.462 e. The van der Waals surface area contributed by atoms with Crippen LogP contribution in [0.1, 0.15) is 234 Å². The highest BCUT2D eigenvalue weighted by Crippen LogP contribution is 2.16. The minimum Gasteiger partial charge on any atom is -0.462 e. The fourth-order valence-electron chi connectivity index (χ4n) is 6.52. The van der Waals surface area contributed by atoms with Gasteiger partial charge in [-0.15, -0.1) is 0 Å². The molecule has 0 heterocycles.